The molecule has 1 aromatic rings. The predicted octanol–water partition coefficient (Wildman–Crippen LogP) is 2.56. The topological polar surface area (TPSA) is 49.8 Å². The van der Waals surface area contributed by atoms with Crippen LogP contribution in [0.25, 0.3) is 0 Å². The first-order valence-electron chi connectivity index (χ1n) is 7.06. The highest BCUT2D eigenvalue weighted by Gasteiger charge is 2.22. The minimum atomic E-state index is 0.0726. The first-order chi connectivity index (χ1) is 8.80. The van der Waals surface area contributed by atoms with Crippen LogP contribution in [0.4, 0.5) is 0 Å². The van der Waals surface area contributed by atoms with E-state index in [1.54, 1.807) is 0 Å². The summed E-state index contributed by atoms with van der Waals surface area (Å²) in [5, 5.41) is 11.3. The third-order valence-corrected chi connectivity index (χ3v) is 3.60. The van der Waals surface area contributed by atoms with Crippen LogP contribution in [0.3, 0.4) is 0 Å². The molecule has 0 aliphatic heterocycles. The molecule has 0 aromatic carbocycles. The molecular formula is C14H28N4S. The van der Waals surface area contributed by atoms with Gasteiger partial charge in [0.25, 0.3) is 0 Å². The fourth-order valence-corrected chi connectivity index (χ4v) is 2.62. The zero-order chi connectivity index (χ0) is 14.5. The third kappa shape index (κ3) is 5.97. The molecule has 0 aliphatic rings. The molecule has 1 heterocycles. The quantitative estimate of drug-likeness (QED) is 0.808. The summed E-state index contributed by atoms with van der Waals surface area (Å²) in [7, 11) is 0. The second-order valence-electron chi connectivity index (χ2n) is 6.63. The molecule has 1 rings (SSSR count). The molecule has 2 N–H and O–H groups in total. The molecule has 0 saturated heterocycles. The van der Waals surface area contributed by atoms with E-state index in [1.807, 2.05) is 0 Å². The van der Waals surface area contributed by atoms with Gasteiger partial charge in [0, 0.05) is 24.5 Å². The van der Waals surface area contributed by atoms with Crippen LogP contribution in [0.1, 0.15) is 52.1 Å². The zero-order valence-electron chi connectivity index (χ0n) is 13.1. The van der Waals surface area contributed by atoms with Gasteiger partial charge < -0.3 is 10.6 Å². The Kier molecular flexibility index (Phi) is 6.36. The number of hydrogen-bond acceptors (Lipinski definition) is 5. The van der Waals surface area contributed by atoms with E-state index >= 15 is 0 Å². The number of aromatic nitrogens is 2. The van der Waals surface area contributed by atoms with Gasteiger partial charge in [-0.05, 0) is 30.9 Å². The van der Waals surface area contributed by atoms with Crippen molar-refractivity contribution in [2.75, 3.05) is 13.1 Å². The highest BCUT2D eigenvalue weighted by Crippen LogP contribution is 2.25. The maximum Gasteiger partial charge on any atom is 0.0854 e. The third-order valence-electron chi connectivity index (χ3n) is 2.88. The lowest BCUT2D eigenvalue weighted by atomic mass is 9.91. The molecule has 0 aliphatic carbocycles. The number of nitrogens with zero attached hydrogens (tertiary/aromatic N) is 2. The van der Waals surface area contributed by atoms with Crippen LogP contribution < -0.4 is 10.6 Å². The molecule has 110 valence electrons. The Morgan fingerprint density at radius 1 is 1.16 bits per heavy atom. The minimum absolute atomic E-state index is 0.0726. The number of rotatable bonds is 7. The first-order valence-corrected chi connectivity index (χ1v) is 7.84. The van der Waals surface area contributed by atoms with Crippen LogP contribution in [0.15, 0.2) is 0 Å². The lowest BCUT2D eigenvalue weighted by Crippen LogP contribution is -2.37. The van der Waals surface area contributed by atoms with Gasteiger partial charge in [-0.25, -0.2) is 0 Å². The second-order valence-corrected chi connectivity index (χ2v) is 7.47. The molecule has 0 bridgehead atoms. The number of hydrogen-bond donors (Lipinski definition) is 2. The summed E-state index contributed by atoms with van der Waals surface area (Å²) in [6.45, 7) is 16.1. The minimum Gasteiger partial charge on any atom is -0.315 e. The van der Waals surface area contributed by atoms with Crippen LogP contribution in [0, 0.1) is 5.92 Å². The van der Waals surface area contributed by atoms with E-state index < -0.39 is 0 Å². The van der Waals surface area contributed by atoms with Crippen LogP contribution in [-0.2, 0) is 12.0 Å². The smallest absolute Gasteiger partial charge is 0.0854 e. The zero-order valence-corrected chi connectivity index (χ0v) is 13.9. The average molecular weight is 284 g/mol. The Labute approximate surface area is 121 Å². The van der Waals surface area contributed by atoms with Crippen LogP contribution in [0.5, 0.6) is 0 Å². The first kappa shape index (κ1) is 16.5. The van der Waals surface area contributed by atoms with E-state index in [-0.39, 0.29) is 5.41 Å². The Morgan fingerprint density at radius 3 is 2.42 bits per heavy atom. The summed E-state index contributed by atoms with van der Waals surface area (Å²) in [5.41, 5.74) is 1.19. The molecule has 5 heteroatoms. The van der Waals surface area contributed by atoms with Crippen molar-refractivity contribution in [2.24, 2.45) is 5.92 Å². The SMILES string of the molecule is CC(C)CNCC(C)NCc1snnc1C(C)(C)C. The van der Waals surface area contributed by atoms with Gasteiger partial charge in [-0.3, -0.25) is 0 Å². The molecule has 1 unspecified atom stereocenters. The van der Waals surface area contributed by atoms with E-state index in [2.05, 4.69) is 61.8 Å². The van der Waals surface area contributed by atoms with Crippen LogP contribution >= 0.6 is 11.5 Å². The van der Waals surface area contributed by atoms with Gasteiger partial charge in [-0.1, -0.05) is 39.1 Å². The highest BCUT2D eigenvalue weighted by molar-refractivity contribution is 7.05. The van der Waals surface area contributed by atoms with E-state index in [0.717, 1.165) is 25.3 Å². The summed E-state index contributed by atoms with van der Waals surface area (Å²) in [4.78, 5) is 1.25. The van der Waals surface area contributed by atoms with E-state index in [0.29, 0.717) is 12.0 Å². The summed E-state index contributed by atoms with van der Waals surface area (Å²) in [6, 6.07) is 0.452. The Balaban J connectivity index is 2.38. The summed E-state index contributed by atoms with van der Waals surface area (Å²) in [5.74, 6) is 0.699. The van der Waals surface area contributed by atoms with Crippen molar-refractivity contribution in [3.63, 3.8) is 0 Å². The van der Waals surface area contributed by atoms with Gasteiger partial charge in [0.15, 0.2) is 0 Å². The Hall–Kier alpha value is -0.520. The van der Waals surface area contributed by atoms with Crippen molar-refractivity contribution in [1.29, 1.82) is 0 Å². The fraction of sp³-hybridized carbons (Fsp3) is 0.857. The van der Waals surface area contributed by atoms with E-state index in [4.69, 9.17) is 0 Å². The maximum absolute atomic E-state index is 4.26. The summed E-state index contributed by atoms with van der Waals surface area (Å²) >= 11 is 1.50. The molecule has 0 radical (unpaired) electrons. The Morgan fingerprint density at radius 2 is 1.84 bits per heavy atom. The number of nitrogens with one attached hydrogen (secondary N) is 2. The van der Waals surface area contributed by atoms with Gasteiger partial charge in [0.05, 0.1) is 10.6 Å². The van der Waals surface area contributed by atoms with Crippen molar-refractivity contribution in [3.8, 4) is 0 Å². The predicted molar refractivity (Wildman–Crippen MR) is 82.6 cm³/mol. The summed E-state index contributed by atoms with van der Waals surface area (Å²) in [6.07, 6.45) is 0. The van der Waals surface area contributed by atoms with Crippen molar-refractivity contribution in [2.45, 2.75) is 59.5 Å². The molecule has 1 aromatic heterocycles. The van der Waals surface area contributed by atoms with Crippen molar-refractivity contribution >= 4 is 11.5 Å². The molecule has 0 saturated carbocycles. The molecule has 0 fully saturated rings. The maximum atomic E-state index is 4.26. The standard InChI is InChI=1S/C14H28N4S/c1-10(2)7-15-8-11(3)16-9-12-13(14(4,5)6)17-18-19-12/h10-11,15-16H,7-9H2,1-6H3. The second kappa shape index (κ2) is 7.31. The molecule has 19 heavy (non-hydrogen) atoms. The van der Waals surface area contributed by atoms with Gasteiger partial charge in [0.1, 0.15) is 0 Å². The van der Waals surface area contributed by atoms with Crippen molar-refractivity contribution in [3.05, 3.63) is 10.6 Å². The highest BCUT2D eigenvalue weighted by atomic mass is 32.1. The fourth-order valence-electron chi connectivity index (χ4n) is 1.82. The van der Waals surface area contributed by atoms with Crippen molar-refractivity contribution in [1.82, 2.24) is 20.2 Å². The normalized spacial score (nSPS) is 14.1. The largest absolute Gasteiger partial charge is 0.315 e. The van der Waals surface area contributed by atoms with Crippen LogP contribution in [-0.4, -0.2) is 28.7 Å². The molecular weight excluding hydrogens is 256 g/mol. The van der Waals surface area contributed by atoms with Gasteiger partial charge in [0.2, 0.25) is 0 Å². The van der Waals surface area contributed by atoms with Gasteiger partial charge in [-0.2, -0.15) is 0 Å². The van der Waals surface area contributed by atoms with Crippen LogP contribution in [0.2, 0.25) is 0 Å². The molecule has 0 spiro atoms. The van der Waals surface area contributed by atoms with Crippen molar-refractivity contribution < 1.29 is 0 Å². The Bertz CT molecular complexity index is 368. The van der Waals surface area contributed by atoms with Gasteiger partial charge >= 0.3 is 0 Å². The molecule has 1 atom stereocenters. The lowest BCUT2D eigenvalue weighted by Gasteiger charge is -2.19. The van der Waals surface area contributed by atoms with E-state index in [9.17, 15) is 0 Å². The summed E-state index contributed by atoms with van der Waals surface area (Å²) < 4.78 is 4.09. The monoisotopic (exact) mass is 284 g/mol. The van der Waals surface area contributed by atoms with E-state index in [1.165, 1.54) is 16.4 Å². The average Bonchev–Trinajstić information content (AvgIpc) is 2.73. The van der Waals surface area contributed by atoms with Gasteiger partial charge in [-0.15, -0.1) is 5.10 Å². The molecule has 4 nitrogen and oxygen atoms in total. The lowest BCUT2D eigenvalue weighted by molar-refractivity contribution is 0.469. The molecule has 0 amide bonds.